The van der Waals surface area contributed by atoms with E-state index in [0.717, 1.165) is 25.7 Å². The molecule has 68 valence electrons. The van der Waals surface area contributed by atoms with Crippen molar-refractivity contribution < 1.29 is 13.6 Å². The maximum Gasteiger partial charge on any atom is 0.700 e. The first-order valence-corrected chi connectivity index (χ1v) is 6.43. The van der Waals surface area contributed by atoms with Crippen LogP contribution in [0, 0.1) is 0 Å². The highest BCUT2D eigenvalue weighted by molar-refractivity contribution is 9.10. The third kappa shape index (κ3) is 2.48. The number of halogens is 2. The second-order valence-corrected chi connectivity index (χ2v) is 6.88. The van der Waals surface area contributed by atoms with Crippen molar-refractivity contribution in [2.24, 2.45) is 0 Å². The van der Waals surface area contributed by atoms with E-state index in [1.807, 2.05) is 0 Å². The molecule has 0 bridgehead atoms. The number of hydrogen-bond donors (Lipinski definition) is 0. The van der Waals surface area contributed by atoms with Gasteiger partial charge in [-0.05, 0) is 57.5 Å². The Hall–Kier alpha value is 0.980. The molecule has 0 heterocycles. The summed E-state index contributed by atoms with van der Waals surface area (Å²) >= 11 is 6.63. The van der Waals surface area contributed by atoms with Crippen LogP contribution in [0.25, 0.3) is 0 Å². The van der Waals surface area contributed by atoms with Gasteiger partial charge < -0.3 is 0 Å². The maximum absolute atomic E-state index is 11.2. The summed E-state index contributed by atoms with van der Waals surface area (Å²) in [5.74, 6) is 0. The first-order chi connectivity index (χ1) is 5.52. The Kier molecular flexibility index (Phi) is 2.37. The van der Waals surface area contributed by atoms with E-state index in [-0.39, 0.29) is 9.02 Å². The minimum absolute atomic E-state index is 0.349. The van der Waals surface area contributed by atoms with E-state index in [1.54, 1.807) is 0 Å². The number of hydrogen-bond acceptors (Lipinski definition) is 3. The molecular formula is C6H8Br2O3P+. The lowest BCUT2D eigenvalue weighted by atomic mass is 10.9. The SMILES string of the molecule is O=[P+](OC1(Br)CC1)OC1(Br)CC1. The van der Waals surface area contributed by atoms with Crippen LogP contribution in [-0.4, -0.2) is 9.02 Å². The molecule has 6 heteroatoms. The van der Waals surface area contributed by atoms with Crippen molar-refractivity contribution in [3.05, 3.63) is 0 Å². The summed E-state index contributed by atoms with van der Waals surface area (Å²) in [6.45, 7) is 0. The topological polar surface area (TPSA) is 35.5 Å². The molecule has 0 saturated heterocycles. The van der Waals surface area contributed by atoms with Gasteiger partial charge >= 0.3 is 8.25 Å². The molecule has 0 N–H and O–H groups in total. The zero-order chi connectivity index (χ0) is 8.82. The van der Waals surface area contributed by atoms with Gasteiger partial charge in [0.1, 0.15) is 0 Å². The average Bonchev–Trinajstić information content (AvgIpc) is 2.76. The van der Waals surface area contributed by atoms with Gasteiger partial charge in [0.2, 0.25) is 0 Å². The van der Waals surface area contributed by atoms with Crippen LogP contribution in [0.1, 0.15) is 25.7 Å². The summed E-state index contributed by atoms with van der Waals surface area (Å²) in [5.41, 5.74) is 0. The van der Waals surface area contributed by atoms with Gasteiger partial charge in [-0.15, -0.1) is 9.05 Å². The Labute approximate surface area is 88.4 Å². The third-order valence-electron chi connectivity index (χ3n) is 1.76. The van der Waals surface area contributed by atoms with Crippen LogP contribution >= 0.6 is 40.1 Å². The van der Waals surface area contributed by atoms with Gasteiger partial charge in [-0.2, -0.15) is 0 Å². The van der Waals surface area contributed by atoms with Gasteiger partial charge in [0.15, 0.2) is 9.02 Å². The van der Waals surface area contributed by atoms with E-state index in [1.165, 1.54) is 0 Å². The largest absolute Gasteiger partial charge is 0.700 e. The Morgan fingerprint density at radius 2 is 1.33 bits per heavy atom. The minimum Gasteiger partial charge on any atom is -0.101 e. The third-order valence-corrected chi connectivity index (χ3v) is 5.17. The molecule has 2 saturated carbocycles. The first kappa shape index (κ1) is 9.53. The van der Waals surface area contributed by atoms with Crippen LogP contribution in [0.2, 0.25) is 0 Å². The standard InChI is InChI=1S/C6H8Br2O3P/c7-5(1-2-5)10-12(9)11-6(8)3-4-6/h1-4H2/q+1. The molecule has 0 unspecified atom stereocenters. The second kappa shape index (κ2) is 2.99. The lowest BCUT2D eigenvalue weighted by Gasteiger charge is -1.97. The Bertz CT molecular complexity index is 203. The molecule has 2 aliphatic rings. The maximum atomic E-state index is 11.2. The van der Waals surface area contributed by atoms with Crippen LogP contribution in [-0.2, 0) is 13.6 Å². The predicted molar refractivity (Wildman–Crippen MR) is 51.6 cm³/mol. The van der Waals surface area contributed by atoms with Crippen molar-refractivity contribution in [3.63, 3.8) is 0 Å². The highest BCUT2D eigenvalue weighted by Crippen LogP contribution is 2.57. The van der Waals surface area contributed by atoms with Crippen LogP contribution in [0.4, 0.5) is 0 Å². The summed E-state index contributed by atoms with van der Waals surface area (Å²) in [5, 5.41) is 0. The predicted octanol–water partition coefficient (Wildman–Crippen LogP) is 3.45. The van der Waals surface area contributed by atoms with Crippen LogP contribution in [0.3, 0.4) is 0 Å². The highest BCUT2D eigenvalue weighted by Gasteiger charge is 2.56. The summed E-state index contributed by atoms with van der Waals surface area (Å²) in [6, 6.07) is 0. The molecule has 0 aromatic carbocycles. The molecule has 0 amide bonds. The van der Waals surface area contributed by atoms with E-state index in [4.69, 9.17) is 9.05 Å². The zero-order valence-electron chi connectivity index (χ0n) is 6.26. The van der Waals surface area contributed by atoms with E-state index in [0.29, 0.717) is 0 Å². The smallest absolute Gasteiger partial charge is 0.101 e. The number of rotatable bonds is 4. The Morgan fingerprint density at radius 1 is 1.00 bits per heavy atom. The van der Waals surface area contributed by atoms with Gasteiger partial charge in [-0.25, -0.2) is 0 Å². The average molecular weight is 319 g/mol. The molecule has 0 aromatic rings. The Balaban J connectivity index is 1.77. The van der Waals surface area contributed by atoms with E-state index in [2.05, 4.69) is 31.9 Å². The number of alkyl halides is 2. The van der Waals surface area contributed by atoms with Gasteiger partial charge in [0, 0.05) is 4.57 Å². The van der Waals surface area contributed by atoms with Crippen LogP contribution in [0.5, 0.6) is 0 Å². The quantitative estimate of drug-likeness (QED) is 0.588. The molecular weight excluding hydrogens is 311 g/mol. The summed E-state index contributed by atoms with van der Waals surface area (Å²) < 4.78 is 20.8. The molecule has 2 rings (SSSR count). The fourth-order valence-electron chi connectivity index (χ4n) is 0.665. The molecule has 12 heavy (non-hydrogen) atoms. The molecule has 3 nitrogen and oxygen atoms in total. The van der Waals surface area contributed by atoms with Crippen molar-refractivity contribution in [3.8, 4) is 0 Å². The van der Waals surface area contributed by atoms with Crippen molar-refractivity contribution >= 4 is 40.1 Å². The van der Waals surface area contributed by atoms with Gasteiger partial charge in [-0.1, -0.05) is 0 Å². The van der Waals surface area contributed by atoms with Gasteiger partial charge in [0.25, 0.3) is 0 Å². The van der Waals surface area contributed by atoms with E-state index >= 15 is 0 Å². The normalized spacial score (nSPS) is 28.2. The van der Waals surface area contributed by atoms with Gasteiger partial charge in [-0.3, -0.25) is 0 Å². The molecule has 0 aromatic heterocycles. The van der Waals surface area contributed by atoms with Gasteiger partial charge in [0.05, 0.1) is 0 Å². The van der Waals surface area contributed by atoms with Crippen molar-refractivity contribution in [1.29, 1.82) is 0 Å². The minimum atomic E-state index is -1.98. The van der Waals surface area contributed by atoms with Crippen molar-refractivity contribution in [2.45, 2.75) is 34.7 Å². The van der Waals surface area contributed by atoms with E-state index in [9.17, 15) is 4.57 Å². The fraction of sp³-hybridized carbons (Fsp3) is 1.00. The van der Waals surface area contributed by atoms with Crippen LogP contribution < -0.4 is 0 Å². The summed E-state index contributed by atoms with van der Waals surface area (Å²) in [6.07, 6.45) is 3.64. The van der Waals surface area contributed by atoms with Crippen molar-refractivity contribution in [2.75, 3.05) is 0 Å². The molecule has 0 aliphatic heterocycles. The molecule has 2 aliphatic carbocycles. The zero-order valence-corrected chi connectivity index (χ0v) is 10.3. The monoisotopic (exact) mass is 317 g/mol. The fourth-order valence-corrected chi connectivity index (χ4v) is 2.71. The van der Waals surface area contributed by atoms with Crippen LogP contribution in [0.15, 0.2) is 0 Å². The summed E-state index contributed by atoms with van der Waals surface area (Å²) in [4.78, 5) is 0. The molecule has 0 radical (unpaired) electrons. The van der Waals surface area contributed by atoms with E-state index < -0.39 is 8.25 Å². The molecule has 0 atom stereocenters. The first-order valence-electron chi connectivity index (χ1n) is 3.75. The lowest BCUT2D eigenvalue weighted by molar-refractivity contribution is 0.190. The summed E-state index contributed by atoms with van der Waals surface area (Å²) in [7, 11) is -1.98. The second-order valence-electron chi connectivity index (χ2n) is 3.17. The lowest BCUT2D eigenvalue weighted by Crippen LogP contribution is -2.02. The molecule has 2 fully saturated rings. The molecule has 0 spiro atoms. The highest BCUT2D eigenvalue weighted by atomic mass is 79.9. The van der Waals surface area contributed by atoms with Crippen molar-refractivity contribution in [1.82, 2.24) is 0 Å². The Morgan fingerprint density at radius 3 is 1.58 bits per heavy atom.